The average molecular weight is 167 g/mol. The Hall–Kier alpha value is -0.530. The van der Waals surface area contributed by atoms with Gasteiger partial charge in [-0.05, 0) is 18.3 Å². The Morgan fingerprint density at radius 2 is 1.92 bits per heavy atom. The molecule has 1 N–H and O–H groups in total. The predicted molar refractivity (Wildman–Crippen MR) is 47.7 cm³/mol. The number of β-lactam (4-membered cyclic amide) rings is 1. The molecule has 0 aromatic rings. The van der Waals surface area contributed by atoms with E-state index in [4.69, 9.17) is 0 Å². The summed E-state index contributed by atoms with van der Waals surface area (Å²) in [5, 5.41) is 3.01. The summed E-state index contributed by atoms with van der Waals surface area (Å²) >= 11 is 0. The molecule has 2 fully saturated rings. The molecule has 2 rings (SSSR count). The Morgan fingerprint density at radius 3 is 2.42 bits per heavy atom. The number of amides is 1. The zero-order chi connectivity index (χ0) is 8.60. The van der Waals surface area contributed by atoms with Crippen LogP contribution < -0.4 is 5.32 Å². The van der Waals surface area contributed by atoms with Crippen LogP contribution in [0.25, 0.3) is 0 Å². The Balaban J connectivity index is 1.95. The number of rotatable bonds is 1. The molecule has 1 atom stereocenters. The van der Waals surface area contributed by atoms with E-state index in [1.165, 1.54) is 32.1 Å². The molecule has 0 radical (unpaired) electrons. The highest BCUT2D eigenvalue weighted by Crippen LogP contribution is 2.41. The van der Waals surface area contributed by atoms with Crippen molar-refractivity contribution in [2.45, 2.75) is 51.5 Å². The molecule has 12 heavy (non-hydrogen) atoms. The minimum Gasteiger partial charge on any atom is -0.352 e. The molecule has 1 saturated carbocycles. The molecule has 1 amide bonds. The monoisotopic (exact) mass is 167 g/mol. The van der Waals surface area contributed by atoms with Crippen LogP contribution in [0.2, 0.25) is 0 Å². The highest BCUT2D eigenvalue weighted by atomic mass is 16.2. The van der Waals surface area contributed by atoms with E-state index in [9.17, 15) is 4.79 Å². The number of carbonyl (C=O) groups excluding carboxylic acids is 1. The number of nitrogens with one attached hydrogen (secondary N) is 1. The van der Waals surface area contributed by atoms with Crippen LogP contribution in [0.1, 0.15) is 45.4 Å². The maximum atomic E-state index is 10.8. The van der Waals surface area contributed by atoms with Crippen LogP contribution in [0.3, 0.4) is 0 Å². The lowest BCUT2D eigenvalue weighted by atomic mass is 9.67. The van der Waals surface area contributed by atoms with Crippen molar-refractivity contribution < 1.29 is 4.79 Å². The highest BCUT2D eigenvalue weighted by Gasteiger charge is 2.42. The zero-order valence-corrected chi connectivity index (χ0v) is 7.73. The Bertz CT molecular complexity index is 186. The van der Waals surface area contributed by atoms with E-state index in [1.807, 2.05) is 0 Å². The fourth-order valence-electron chi connectivity index (χ4n) is 2.49. The molecule has 0 bridgehead atoms. The fourth-order valence-corrected chi connectivity index (χ4v) is 2.49. The van der Waals surface area contributed by atoms with Gasteiger partial charge in [0.05, 0.1) is 0 Å². The first-order chi connectivity index (χ1) is 5.71. The van der Waals surface area contributed by atoms with Crippen molar-refractivity contribution in [1.29, 1.82) is 0 Å². The number of carbonyl (C=O) groups is 1. The van der Waals surface area contributed by atoms with Crippen LogP contribution >= 0.6 is 0 Å². The standard InChI is InChI=1S/C10H17NO/c1-10(5-3-2-4-6-10)8-7-9(12)11-8/h8H,2-7H2,1H3,(H,11,12). The maximum absolute atomic E-state index is 10.8. The largest absolute Gasteiger partial charge is 0.352 e. The van der Waals surface area contributed by atoms with Crippen molar-refractivity contribution in [1.82, 2.24) is 5.32 Å². The van der Waals surface area contributed by atoms with Crippen LogP contribution in [-0.4, -0.2) is 11.9 Å². The quantitative estimate of drug-likeness (QED) is 0.593. The van der Waals surface area contributed by atoms with Gasteiger partial charge in [-0.1, -0.05) is 26.2 Å². The Kier molecular flexibility index (Phi) is 1.85. The van der Waals surface area contributed by atoms with Gasteiger partial charge < -0.3 is 5.32 Å². The molecule has 2 aliphatic rings. The molecule has 2 heteroatoms. The average Bonchev–Trinajstić information content (AvgIpc) is 2.00. The van der Waals surface area contributed by atoms with Crippen LogP contribution in [0.5, 0.6) is 0 Å². The van der Waals surface area contributed by atoms with Gasteiger partial charge in [-0.2, -0.15) is 0 Å². The third kappa shape index (κ3) is 1.23. The summed E-state index contributed by atoms with van der Waals surface area (Å²) in [4.78, 5) is 10.8. The van der Waals surface area contributed by atoms with Gasteiger partial charge in [0, 0.05) is 12.5 Å². The van der Waals surface area contributed by atoms with Gasteiger partial charge in [-0.25, -0.2) is 0 Å². The molecule has 2 nitrogen and oxygen atoms in total. The summed E-state index contributed by atoms with van der Waals surface area (Å²) in [6, 6.07) is 0.491. The smallest absolute Gasteiger partial charge is 0.222 e. The SMILES string of the molecule is CC1(C2CC(=O)N2)CCCCC1. The third-order valence-electron chi connectivity index (χ3n) is 3.56. The Morgan fingerprint density at radius 1 is 1.33 bits per heavy atom. The summed E-state index contributed by atoms with van der Waals surface area (Å²) in [6.45, 7) is 2.33. The van der Waals surface area contributed by atoms with Crippen LogP contribution in [-0.2, 0) is 4.79 Å². The normalized spacial score (nSPS) is 33.8. The van der Waals surface area contributed by atoms with Crippen molar-refractivity contribution in [3.63, 3.8) is 0 Å². The van der Waals surface area contributed by atoms with Crippen LogP contribution in [0.15, 0.2) is 0 Å². The summed E-state index contributed by atoms with van der Waals surface area (Å²) < 4.78 is 0. The molecule has 1 saturated heterocycles. The number of hydrogen-bond acceptors (Lipinski definition) is 1. The van der Waals surface area contributed by atoms with Crippen LogP contribution in [0.4, 0.5) is 0 Å². The minimum absolute atomic E-state index is 0.242. The molecule has 0 aromatic heterocycles. The fraction of sp³-hybridized carbons (Fsp3) is 0.900. The zero-order valence-electron chi connectivity index (χ0n) is 7.73. The molecule has 1 aliphatic heterocycles. The maximum Gasteiger partial charge on any atom is 0.222 e. The summed E-state index contributed by atoms with van der Waals surface area (Å²) in [5.41, 5.74) is 0.423. The van der Waals surface area contributed by atoms with Gasteiger partial charge >= 0.3 is 0 Å². The van der Waals surface area contributed by atoms with Gasteiger partial charge in [-0.3, -0.25) is 4.79 Å². The van der Waals surface area contributed by atoms with E-state index < -0.39 is 0 Å². The summed E-state index contributed by atoms with van der Waals surface area (Å²) in [6.07, 6.45) is 7.47. The second-order valence-corrected chi connectivity index (χ2v) is 4.54. The third-order valence-corrected chi connectivity index (χ3v) is 3.56. The first-order valence-electron chi connectivity index (χ1n) is 5.00. The van der Waals surface area contributed by atoms with Crippen molar-refractivity contribution >= 4 is 5.91 Å². The van der Waals surface area contributed by atoms with Gasteiger partial charge in [0.2, 0.25) is 5.91 Å². The number of hydrogen-bond donors (Lipinski definition) is 1. The molecule has 68 valence electrons. The lowest BCUT2D eigenvalue weighted by molar-refractivity contribution is -0.132. The van der Waals surface area contributed by atoms with E-state index in [2.05, 4.69) is 12.2 Å². The van der Waals surface area contributed by atoms with E-state index in [0.717, 1.165) is 6.42 Å². The van der Waals surface area contributed by atoms with E-state index in [0.29, 0.717) is 11.5 Å². The molecule has 1 aliphatic carbocycles. The second-order valence-electron chi connectivity index (χ2n) is 4.54. The van der Waals surface area contributed by atoms with Gasteiger partial charge in [0.15, 0.2) is 0 Å². The Labute approximate surface area is 73.7 Å². The van der Waals surface area contributed by atoms with Crippen molar-refractivity contribution in [3.8, 4) is 0 Å². The lowest BCUT2D eigenvalue weighted by Crippen LogP contribution is -2.57. The molecular weight excluding hydrogens is 150 g/mol. The molecule has 0 spiro atoms. The highest BCUT2D eigenvalue weighted by molar-refractivity contribution is 5.83. The van der Waals surface area contributed by atoms with E-state index in [1.54, 1.807) is 0 Å². The first kappa shape index (κ1) is 8.09. The molecule has 0 aromatic carbocycles. The van der Waals surface area contributed by atoms with Crippen molar-refractivity contribution in [3.05, 3.63) is 0 Å². The van der Waals surface area contributed by atoms with Gasteiger partial charge in [-0.15, -0.1) is 0 Å². The second kappa shape index (κ2) is 2.75. The molecular formula is C10H17NO. The van der Waals surface area contributed by atoms with E-state index >= 15 is 0 Å². The predicted octanol–water partition coefficient (Wildman–Crippen LogP) is 1.85. The van der Waals surface area contributed by atoms with Crippen molar-refractivity contribution in [2.24, 2.45) is 5.41 Å². The molecule has 1 unspecified atom stereocenters. The van der Waals surface area contributed by atoms with Crippen LogP contribution in [0, 0.1) is 5.41 Å². The van der Waals surface area contributed by atoms with Crippen molar-refractivity contribution in [2.75, 3.05) is 0 Å². The summed E-state index contributed by atoms with van der Waals surface area (Å²) in [5.74, 6) is 0.242. The van der Waals surface area contributed by atoms with Gasteiger partial charge in [0.25, 0.3) is 0 Å². The molecule has 1 heterocycles. The van der Waals surface area contributed by atoms with Gasteiger partial charge in [0.1, 0.15) is 0 Å². The van der Waals surface area contributed by atoms with E-state index in [-0.39, 0.29) is 5.91 Å². The summed E-state index contributed by atoms with van der Waals surface area (Å²) in [7, 11) is 0. The first-order valence-corrected chi connectivity index (χ1v) is 5.00. The minimum atomic E-state index is 0.242. The lowest BCUT2D eigenvalue weighted by Gasteiger charge is -2.45. The topological polar surface area (TPSA) is 29.1 Å².